The van der Waals surface area contributed by atoms with Crippen molar-refractivity contribution in [1.82, 2.24) is 44.9 Å². The maximum atomic E-state index is 5.16. The third-order valence-corrected chi connectivity index (χ3v) is 25.9. The molecule has 0 radical (unpaired) electrons. The second-order valence-corrected chi connectivity index (χ2v) is 33.2. The van der Waals surface area contributed by atoms with Gasteiger partial charge in [0.05, 0.1) is 0 Å². The Hall–Kier alpha value is -16.8. The van der Waals surface area contributed by atoms with Crippen LogP contribution in [-0.4, -0.2) is 44.9 Å². The van der Waals surface area contributed by atoms with E-state index in [9.17, 15) is 0 Å². The molecule has 26 aromatic rings. The molecule has 0 aliphatic rings. The molecule has 0 spiro atoms. The summed E-state index contributed by atoms with van der Waals surface area (Å²) >= 11 is 1.79. The summed E-state index contributed by atoms with van der Waals surface area (Å²) in [4.78, 5) is 45.0. The molecular formula is C117H71N9S. The summed E-state index contributed by atoms with van der Waals surface area (Å²) in [5.41, 5.74) is 8.77. The minimum Gasteiger partial charge on any atom is -0.208 e. The van der Waals surface area contributed by atoms with Crippen molar-refractivity contribution >= 4 is 161 Å². The summed E-state index contributed by atoms with van der Waals surface area (Å²) in [5.74, 6) is 6.01. The number of aromatic nitrogens is 9. The molecule has 0 N–H and O–H groups in total. The van der Waals surface area contributed by atoms with Crippen LogP contribution < -0.4 is 0 Å². The lowest BCUT2D eigenvalue weighted by molar-refractivity contribution is 1.07. The highest BCUT2D eigenvalue weighted by Gasteiger charge is 2.22. The predicted octanol–water partition coefficient (Wildman–Crippen LogP) is 30.8. The van der Waals surface area contributed by atoms with Crippen LogP contribution in [0, 0.1) is 0 Å². The summed E-state index contributed by atoms with van der Waals surface area (Å²) in [5, 5.41) is 32.2. The van der Waals surface area contributed by atoms with Crippen LogP contribution in [0.3, 0.4) is 0 Å². The van der Waals surface area contributed by atoms with Crippen LogP contribution in [0.15, 0.2) is 431 Å². The molecule has 0 saturated carbocycles. The average molecular weight is 1630 g/mol. The van der Waals surface area contributed by atoms with E-state index in [1.807, 2.05) is 140 Å². The second-order valence-electron chi connectivity index (χ2n) is 32.1. The molecule has 0 unspecified atom stereocenters. The van der Waals surface area contributed by atoms with E-state index >= 15 is 0 Å². The van der Waals surface area contributed by atoms with Crippen LogP contribution >= 0.6 is 11.3 Å². The first-order valence-electron chi connectivity index (χ1n) is 42.7. The van der Waals surface area contributed by atoms with E-state index < -0.39 is 0 Å². The second kappa shape index (κ2) is 31.3. The summed E-state index contributed by atoms with van der Waals surface area (Å²) in [6.45, 7) is 0. The highest BCUT2D eigenvalue weighted by molar-refractivity contribution is 7.26. The van der Waals surface area contributed by atoms with Gasteiger partial charge in [0.25, 0.3) is 0 Å². The fraction of sp³-hybridized carbons (Fsp3) is 0. The van der Waals surface area contributed by atoms with Gasteiger partial charge in [-0.05, 0) is 154 Å². The van der Waals surface area contributed by atoms with Gasteiger partial charge in [0.2, 0.25) is 0 Å². The number of rotatable bonds is 9. The number of fused-ring (bicyclic) bond motifs is 24. The van der Waals surface area contributed by atoms with E-state index in [2.05, 4.69) is 291 Å². The van der Waals surface area contributed by atoms with Crippen molar-refractivity contribution in [2.45, 2.75) is 0 Å². The normalized spacial score (nSPS) is 11.6. The van der Waals surface area contributed by atoms with Gasteiger partial charge >= 0.3 is 0 Å². The van der Waals surface area contributed by atoms with Gasteiger partial charge in [-0.25, -0.2) is 44.9 Å². The first-order chi connectivity index (χ1) is 62.9. The molecule has 22 aromatic carbocycles. The zero-order chi connectivity index (χ0) is 83.8. The molecule has 0 saturated heterocycles. The number of nitrogens with zero attached hydrogens (tertiary/aromatic N) is 9. The largest absolute Gasteiger partial charge is 0.208 e. The number of hydrogen-bond donors (Lipinski definition) is 0. The Morgan fingerprint density at radius 2 is 0.409 bits per heavy atom. The third kappa shape index (κ3) is 13.4. The van der Waals surface area contributed by atoms with Crippen molar-refractivity contribution < 1.29 is 0 Å². The molecular weight excluding hydrogens is 1560 g/mol. The van der Waals surface area contributed by atoms with E-state index in [4.69, 9.17) is 44.9 Å². The smallest absolute Gasteiger partial charge is 0.165 e. The Labute approximate surface area is 733 Å². The van der Waals surface area contributed by atoms with Crippen molar-refractivity contribution in [2.75, 3.05) is 0 Å². The first kappa shape index (κ1) is 74.1. The Morgan fingerprint density at radius 3 is 0.874 bits per heavy atom. The molecule has 0 fully saturated rings. The zero-order valence-corrected chi connectivity index (χ0v) is 69.2. The van der Waals surface area contributed by atoms with Crippen molar-refractivity contribution in [1.29, 1.82) is 0 Å². The van der Waals surface area contributed by atoms with E-state index in [1.54, 1.807) is 11.3 Å². The average Bonchev–Trinajstić information content (AvgIpc) is 1.42. The van der Waals surface area contributed by atoms with Gasteiger partial charge in [-0.3, -0.25) is 0 Å². The summed E-state index contributed by atoms with van der Waals surface area (Å²) in [7, 11) is 0. The van der Waals surface area contributed by atoms with Gasteiger partial charge in [0, 0.05) is 70.2 Å². The quantitative estimate of drug-likeness (QED) is 0.130. The lowest BCUT2D eigenvalue weighted by Crippen LogP contribution is -2.00. The lowest BCUT2D eigenvalue weighted by Gasteiger charge is -2.13. The molecule has 0 bridgehead atoms. The van der Waals surface area contributed by atoms with Gasteiger partial charge in [0.15, 0.2) is 52.4 Å². The minimum atomic E-state index is 0.664. The molecule has 590 valence electrons. The molecule has 127 heavy (non-hydrogen) atoms. The number of benzene rings is 22. The Kier molecular flexibility index (Phi) is 18.2. The minimum absolute atomic E-state index is 0.664. The third-order valence-electron chi connectivity index (χ3n) is 24.7. The number of hydrogen-bond acceptors (Lipinski definition) is 10. The Balaban J connectivity index is 0.000000107. The highest BCUT2D eigenvalue weighted by atomic mass is 32.1. The first-order valence-corrected chi connectivity index (χ1v) is 43.5. The van der Waals surface area contributed by atoms with Crippen LogP contribution in [0.2, 0.25) is 0 Å². The van der Waals surface area contributed by atoms with Gasteiger partial charge in [-0.15, -0.1) is 11.3 Å². The van der Waals surface area contributed by atoms with E-state index in [0.29, 0.717) is 52.4 Å². The van der Waals surface area contributed by atoms with Gasteiger partial charge in [-0.2, -0.15) is 0 Å². The molecule has 0 aliphatic carbocycles. The molecule has 4 heterocycles. The Morgan fingerprint density at radius 1 is 0.134 bits per heavy atom. The van der Waals surface area contributed by atoms with Crippen molar-refractivity contribution in [3.63, 3.8) is 0 Å². The van der Waals surface area contributed by atoms with Crippen LogP contribution in [0.5, 0.6) is 0 Å². The predicted molar refractivity (Wildman–Crippen MR) is 531 cm³/mol. The molecule has 10 heteroatoms. The topological polar surface area (TPSA) is 116 Å². The molecule has 0 aliphatic heterocycles. The highest BCUT2D eigenvalue weighted by Crippen LogP contribution is 2.45. The standard InChI is InChI=1S/C43H25N3S.2C37H23N3/c1-2-10-28(11-3-1)41-44-42(46-43(45-41)37-15-8-14-36-34-13-6-7-16-38(34)47-40(36)37)30-21-22-32-29(25-30)18-17-27-20-23-33-31-12-5-4-9-26(31)19-24-35(33)39(27)32;1-3-11-26(12-4-1)35-38-36(27-13-5-2-6-14-27)40-37(39-35)33-17-9-16-31-30(33)22-20-25-19-21-29-28-15-8-7-10-24(28)18-23-32(29)34(25)31;1-3-10-27(11-4-1)35-38-36(28-12-5-2-6-13-28)40-37(39-35)29-18-16-25-15-17-26-20-21-31-30-14-8-7-9-24(30)19-22-32(31)34(26)33(25)23-29/h1-25H;2*1-23H. The van der Waals surface area contributed by atoms with Crippen LogP contribution in [0.4, 0.5) is 0 Å². The van der Waals surface area contributed by atoms with Crippen LogP contribution in [0.25, 0.3) is 252 Å². The summed E-state index contributed by atoms with van der Waals surface area (Å²) in [6.07, 6.45) is 0. The van der Waals surface area contributed by atoms with Gasteiger partial charge in [-0.1, -0.05) is 406 Å². The van der Waals surface area contributed by atoms with E-state index in [0.717, 1.165) is 60.8 Å². The molecule has 26 rings (SSSR count). The SMILES string of the molecule is c1ccc(-c2nc(-c3ccc4c(ccc5ccc6c7ccccc7ccc6c54)c3)nc(-c3cccc4c3sc3ccccc34)n2)cc1.c1ccc(-c2nc(-c3ccccc3)nc(-c3ccc4ccc5ccc6c7ccccc7ccc6c5c4c3)n2)cc1.c1ccc(-c2nc(-c3ccccc3)nc(-c3cccc4c3ccc3ccc5c6ccccc6ccc5c34)n2)cc1. The van der Waals surface area contributed by atoms with Crippen molar-refractivity contribution in [2.24, 2.45) is 0 Å². The molecule has 4 aromatic heterocycles. The van der Waals surface area contributed by atoms with Crippen molar-refractivity contribution in [3.8, 4) is 102 Å². The molecule has 9 nitrogen and oxygen atoms in total. The zero-order valence-electron chi connectivity index (χ0n) is 68.4. The molecule has 0 atom stereocenters. The monoisotopic (exact) mass is 1630 g/mol. The lowest BCUT2D eigenvalue weighted by atomic mass is 9.92. The number of thiophene rings is 1. The van der Waals surface area contributed by atoms with Crippen LogP contribution in [0.1, 0.15) is 0 Å². The maximum Gasteiger partial charge on any atom is 0.165 e. The van der Waals surface area contributed by atoms with Crippen LogP contribution in [-0.2, 0) is 0 Å². The maximum absolute atomic E-state index is 5.16. The van der Waals surface area contributed by atoms with E-state index in [-0.39, 0.29) is 0 Å². The fourth-order valence-electron chi connectivity index (χ4n) is 18.6. The molecule has 0 amide bonds. The summed E-state index contributed by atoms with van der Waals surface area (Å²) in [6, 6.07) is 151. The van der Waals surface area contributed by atoms with Gasteiger partial charge in [0.1, 0.15) is 0 Å². The summed E-state index contributed by atoms with van der Waals surface area (Å²) < 4.78 is 2.45. The Bertz CT molecular complexity index is 8660. The van der Waals surface area contributed by atoms with Gasteiger partial charge < -0.3 is 0 Å². The van der Waals surface area contributed by atoms with Crippen molar-refractivity contribution in [3.05, 3.63) is 431 Å². The fourth-order valence-corrected chi connectivity index (χ4v) is 19.8. The van der Waals surface area contributed by atoms with E-state index in [1.165, 1.54) is 139 Å².